The lowest BCUT2D eigenvalue weighted by Crippen LogP contribution is -2.39. The molecule has 0 saturated carbocycles. The van der Waals surface area contributed by atoms with E-state index in [1.54, 1.807) is 0 Å². The molecule has 0 heterocycles. The standard InChI is InChI=1S/C13H22N2O5/c1-10(16)8-15(9-11(2)17)13(19)5-4-12(18)14-6-7-20-3/h4-9H2,1-3H3,(H,14,18). The van der Waals surface area contributed by atoms with Gasteiger partial charge in [0.1, 0.15) is 11.6 Å². The summed E-state index contributed by atoms with van der Waals surface area (Å²) < 4.78 is 4.78. The first-order valence-electron chi connectivity index (χ1n) is 6.39. The molecule has 20 heavy (non-hydrogen) atoms. The van der Waals surface area contributed by atoms with Gasteiger partial charge in [0.25, 0.3) is 0 Å². The third kappa shape index (κ3) is 9.21. The quantitative estimate of drug-likeness (QED) is 0.548. The summed E-state index contributed by atoms with van der Waals surface area (Å²) in [5.74, 6) is -1.05. The number of nitrogens with one attached hydrogen (secondary N) is 1. The zero-order valence-corrected chi connectivity index (χ0v) is 12.2. The number of ketones is 2. The van der Waals surface area contributed by atoms with Crippen molar-refractivity contribution in [3.63, 3.8) is 0 Å². The van der Waals surface area contributed by atoms with Crippen LogP contribution in [0.25, 0.3) is 0 Å². The Hall–Kier alpha value is -1.76. The van der Waals surface area contributed by atoms with Crippen molar-refractivity contribution >= 4 is 23.4 Å². The number of carbonyl (C=O) groups excluding carboxylic acids is 4. The van der Waals surface area contributed by atoms with Crippen LogP contribution in [-0.2, 0) is 23.9 Å². The molecule has 0 bridgehead atoms. The Morgan fingerprint density at radius 2 is 1.55 bits per heavy atom. The maximum atomic E-state index is 11.9. The Labute approximate surface area is 118 Å². The van der Waals surface area contributed by atoms with Crippen molar-refractivity contribution in [3.05, 3.63) is 0 Å². The summed E-state index contributed by atoms with van der Waals surface area (Å²) in [5, 5.41) is 2.59. The lowest BCUT2D eigenvalue weighted by atomic mass is 10.2. The van der Waals surface area contributed by atoms with Crippen molar-refractivity contribution in [2.45, 2.75) is 26.7 Å². The minimum atomic E-state index is -0.378. The zero-order valence-electron chi connectivity index (χ0n) is 12.2. The minimum absolute atomic E-state index is 0.0227. The highest BCUT2D eigenvalue weighted by atomic mass is 16.5. The first-order valence-corrected chi connectivity index (χ1v) is 6.39. The summed E-state index contributed by atoms with van der Waals surface area (Å²) in [5.41, 5.74) is 0. The molecule has 0 atom stereocenters. The Bertz CT molecular complexity index is 352. The monoisotopic (exact) mass is 286 g/mol. The van der Waals surface area contributed by atoms with Crippen LogP contribution in [0.5, 0.6) is 0 Å². The average Bonchev–Trinajstić information content (AvgIpc) is 2.34. The number of nitrogens with zero attached hydrogens (tertiary/aromatic N) is 1. The Morgan fingerprint density at radius 1 is 1.00 bits per heavy atom. The van der Waals surface area contributed by atoms with Gasteiger partial charge in [0, 0.05) is 26.5 Å². The second kappa shape index (κ2) is 10.1. The van der Waals surface area contributed by atoms with Crippen molar-refractivity contribution < 1.29 is 23.9 Å². The van der Waals surface area contributed by atoms with E-state index in [9.17, 15) is 19.2 Å². The molecule has 0 saturated heterocycles. The molecular formula is C13H22N2O5. The van der Waals surface area contributed by atoms with Gasteiger partial charge in [-0.1, -0.05) is 0 Å². The molecular weight excluding hydrogens is 264 g/mol. The second-order valence-corrected chi connectivity index (χ2v) is 4.50. The van der Waals surface area contributed by atoms with E-state index in [2.05, 4.69) is 5.32 Å². The van der Waals surface area contributed by atoms with Gasteiger partial charge in [-0.25, -0.2) is 0 Å². The maximum Gasteiger partial charge on any atom is 0.223 e. The van der Waals surface area contributed by atoms with Gasteiger partial charge in [0.05, 0.1) is 19.7 Å². The summed E-state index contributed by atoms with van der Waals surface area (Å²) in [6.07, 6.45) is -0.00572. The summed E-state index contributed by atoms with van der Waals surface area (Å²) in [6.45, 7) is 3.26. The van der Waals surface area contributed by atoms with Crippen molar-refractivity contribution in [1.29, 1.82) is 0 Å². The van der Waals surface area contributed by atoms with Crippen molar-refractivity contribution in [1.82, 2.24) is 10.2 Å². The van der Waals surface area contributed by atoms with Gasteiger partial charge in [-0.15, -0.1) is 0 Å². The number of hydrogen-bond acceptors (Lipinski definition) is 5. The van der Waals surface area contributed by atoms with Gasteiger partial charge in [-0.05, 0) is 13.8 Å². The number of rotatable bonds is 10. The molecule has 0 radical (unpaired) electrons. The third-order valence-corrected chi connectivity index (χ3v) is 2.37. The summed E-state index contributed by atoms with van der Waals surface area (Å²) >= 11 is 0. The zero-order chi connectivity index (χ0) is 15.5. The van der Waals surface area contributed by atoms with E-state index in [-0.39, 0.29) is 49.3 Å². The summed E-state index contributed by atoms with van der Waals surface area (Å²) in [6, 6.07) is 0. The van der Waals surface area contributed by atoms with Crippen LogP contribution in [0.1, 0.15) is 26.7 Å². The number of hydrogen-bond donors (Lipinski definition) is 1. The van der Waals surface area contributed by atoms with Crippen LogP contribution in [0, 0.1) is 0 Å². The third-order valence-electron chi connectivity index (χ3n) is 2.37. The minimum Gasteiger partial charge on any atom is -0.383 e. The Balaban J connectivity index is 4.21. The van der Waals surface area contributed by atoms with Crippen LogP contribution in [0.4, 0.5) is 0 Å². The van der Waals surface area contributed by atoms with Crippen LogP contribution in [0.15, 0.2) is 0 Å². The van der Waals surface area contributed by atoms with E-state index in [0.29, 0.717) is 13.2 Å². The van der Waals surface area contributed by atoms with Crippen molar-refractivity contribution in [2.75, 3.05) is 33.4 Å². The lowest BCUT2D eigenvalue weighted by Gasteiger charge is -2.19. The molecule has 0 aromatic rings. The van der Waals surface area contributed by atoms with Crippen LogP contribution in [0.3, 0.4) is 0 Å². The van der Waals surface area contributed by atoms with Gasteiger partial charge >= 0.3 is 0 Å². The molecule has 0 unspecified atom stereocenters. The largest absolute Gasteiger partial charge is 0.383 e. The van der Waals surface area contributed by atoms with Crippen molar-refractivity contribution in [2.24, 2.45) is 0 Å². The van der Waals surface area contributed by atoms with Crippen LogP contribution in [0.2, 0.25) is 0 Å². The highest BCUT2D eigenvalue weighted by Gasteiger charge is 2.17. The smallest absolute Gasteiger partial charge is 0.223 e. The Morgan fingerprint density at radius 3 is 2.00 bits per heavy atom. The SMILES string of the molecule is COCCNC(=O)CCC(=O)N(CC(C)=O)CC(C)=O. The maximum absolute atomic E-state index is 11.9. The van der Waals surface area contributed by atoms with Crippen molar-refractivity contribution in [3.8, 4) is 0 Å². The summed E-state index contributed by atoms with van der Waals surface area (Å²) in [4.78, 5) is 46.6. The number of amides is 2. The number of Topliss-reactive ketones (excluding diaryl/α,β-unsaturated/α-hetero) is 2. The predicted molar refractivity (Wildman–Crippen MR) is 72.1 cm³/mol. The number of carbonyl (C=O) groups is 4. The molecule has 7 heteroatoms. The van der Waals surface area contributed by atoms with Gasteiger partial charge in [-0.2, -0.15) is 0 Å². The molecule has 0 aliphatic heterocycles. The van der Waals surface area contributed by atoms with Crippen LogP contribution >= 0.6 is 0 Å². The van der Waals surface area contributed by atoms with E-state index in [1.807, 2.05) is 0 Å². The number of ether oxygens (including phenoxy) is 1. The molecule has 0 aliphatic rings. The molecule has 0 aliphatic carbocycles. The lowest BCUT2D eigenvalue weighted by molar-refractivity contribution is -0.138. The molecule has 2 amide bonds. The molecule has 0 spiro atoms. The molecule has 0 rings (SSSR count). The fourth-order valence-corrected chi connectivity index (χ4v) is 1.53. The van der Waals surface area contributed by atoms with Crippen LogP contribution < -0.4 is 5.32 Å². The van der Waals surface area contributed by atoms with E-state index in [0.717, 1.165) is 0 Å². The first-order chi connectivity index (χ1) is 9.36. The van der Waals surface area contributed by atoms with Gasteiger partial charge in [0.15, 0.2) is 0 Å². The first kappa shape index (κ1) is 18.2. The summed E-state index contributed by atoms with van der Waals surface area (Å²) in [7, 11) is 1.52. The molecule has 1 N–H and O–H groups in total. The van der Waals surface area contributed by atoms with E-state index in [1.165, 1.54) is 25.9 Å². The molecule has 0 fully saturated rings. The van der Waals surface area contributed by atoms with Gasteiger partial charge in [-0.3, -0.25) is 19.2 Å². The highest BCUT2D eigenvalue weighted by Crippen LogP contribution is 1.99. The fourth-order valence-electron chi connectivity index (χ4n) is 1.53. The van der Waals surface area contributed by atoms with Crippen LogP contribution in [-0.4, -0.2) is 61.6 Å². The van der Waals surface area contributed by atoms with E-state index >= 15 is 0 Å². The molecule has 0 aromatic carbocycles. The van der Waals surface area contributed by atoms with E-state index < -0.39 is 0 Å². The highest BCUT2D eigenvalue weighted by molar-refractivity contribution is 5.90. The van der Waals surface area contributed by atoms with Gasteiger partial charge in [0.2, 0.25) is 11.8 Å². The molecule has 114 valence electrons. The number of methoxy groups -OCH3 is 1. The molecule has 7 nitrogen and oxygen atoms in total. The van der Waals surface area contributed by atoms with E-state index in [4.69, 9.17) is 4.74 Å². The average molecular weight is 286 g/mol. The second-order valence-electron chi connectivity index (χ2n) is 4.50. The Kier molecular flexibility index (Phi) is 9.19. The topological polar surface area (TPSA) is 92.8 Å². The predicted octanol–water partition coefficient (Wildman–Crippen LogP) is -0.464. The fraction of sp³-hybridized carbons (Fsp3) is 0.692. The molecule has 0 aromatic heterocycles. The van der Waals surface area contributed by atoms with Gasteiger partial charge < -0.3 is 15.0 Å². The normalized spacial score (nSPS) is 9.95.